The number of aryl methyl sites for hydroxylation is 1. The smallest absolute Gasteiger partial charge is 0.207 e. The van der Waals surface area contributed by atoms with E-state index < -0.39 is 10.0 Å². The van der Waals surface area contributed by atoms with E-state index in [1.807, 2.05) is 37.3 Å². The van der Waals surface area contributed by atoms with E-state index in [1.54, 1.807) is 25.2 Å². The molecule has 0 heterocycles. The van der Waals surface area contributed by atoms with E-state index in [-0.39, 0.29) is 0 Å². The van der Waals surface area contributed by atoms with Gasteiger partial charge in [0.05, 0.1) is 4.90 Å². The third-order valence-corrected chi connectivity index (χ3v) is 5.28. The summed E-state index contributed by atoms with van der Waals surface area (Å²) in [4.78, 5) is 0.329. The molecule has 2 rings (SSSR count). The normalized spacial score (nSPS) is 11.8. The van der Waals surface area contributed by atoms with E-state index >= 15 is 0 Å². The monoisotopic (exact) mass is 353 g/mol. The summed E-state index contributed by atoms with van der Waals surface area (Å²) >= 11 is 3.39. The van der Waals surface area contributed by atoms with Crippen molar-refractivity contribution in [2.75, 3.05) is 7.05 Å². The lowest BCUT2D eigenvalue weighted by atomic mass is 10.2. The summed E-state index contributed by atoms with van der Waals surface area (Å²) in [6.07, 6.45) is 0. The van der Waals surface area contributed by atoms with Crippen LogP contribution in [0.5, 0.6) is 0 Å². The molecule has 0 bridgehead atoms. The lowest BCUT2D eigenvalue weighted by molar-refractivity contribution is 0.466. The maximum absolute atomic E-state index is 12.5. The van der Waals surface area contributed by atoms with Crippen LogP contribution < -0.4 is 0 Å². The molecule has 0 unspecified atom stereocenters. The van der Waals surface area contributed by atoms with Crippen molar-refractivity contribution in [2.24, 2.45) is 0 Å². The third kappa shape index (κ3) is 3.48. The van der Waals surface area contributed by atoms with E-state index in [2.05, 4.69) is 15.9 Å². The Hall–Kier alpha value is -1.17. The van der Waals surface area contributed by atoms with Crippen molar-refractivity contribution >= 4 is 26.0 Å². The second-order valence-corrected chi connectivity index (χ2v) is 7.67. The zero-order valence-corrected chi connectivity index (χ0v) is 13.8. The van der Waals surface area contributed by atoms with Gasteiger partial charge in [-0.1, -0.05) is 40.2 Å². The molecule has 0 aromatic heterocycles. The lowest BCUT2D eigenvalue weighted by Gasteiger charge is -2.17. The molecule has 2 aromatic rings. The third-order valence-electron chi connectivity index (χ3n) is 2.99. The summed E-state index contributed by atoms with van der Waals surface area (Å²) in [6.45, 7) is 2.23. The fraction of sp³-hybridized carbons (Fsp3) is 0.200. The first kappa shape index (κ1) is 15.2. The van der Waals surface area contributed by atoms with Gasteiger partial charge in [-0.2, -0.15) is 4.31 Å². The molecule has 0 saturated heterocycles. The van der Waals surface area contributed by atoms with E-state index in [0.29, 0.717) is 11.4 Å². The fourth-order valence-electron chi connectivity index (χ4n) is 1.93. The standard InChI is InChI=1S/C15H16BrNO2S/c1-12-5-3-8-15(9-12)20(18,19)17(2)11-13-6-4-7-14(16)10-13/h3-10H,11H2,1-2H3. The molecule has 0 N–H and O–H groups in total. The quantitative estimate of drug-likeness (QED) is 0.842. The second-order valence-electron chi connectivity index (χ2n) is 4.71. The number of hydrogen-bond acceptors (Lipinski definition) is 2. The van der Waals surface area contributed by atoms with Crippen LogP contribution in [-0.2, 0) is 16.6 Å². The van der Waals surface area contributed by atoms with Gasteiger partial charge in [-0.15, -0.1) is 0 Å². The van der Waals surface area contributed by atoms with Gasteiger partial charge in [0.1, 0.15) is 0 Å². The van der Waals surface area contributed by atoms with Crippen LogP contribution in [0.1, 0.15) is 11.1 Å². The SMILES string of the molecule is Cc1cccc(S(=O)(=O)N(C)Cc2cccc(Br)c2)c1. The number of hydrogen-bond donors (Lipinski definition) is 0. The van der Waals surface area contributed by atoms with E-state index in [4.69, 9.17) is 0 Å². The summed E-state index contributed by atoms with van der Waals surface area (Å²) in [5.41, 5.74) is 1.88. The Morgan fingerprint density at radius 1 is 1.10 bits per heavy atom. The molecule has 0 amide bonds. The highest BCUT2D eigenvalue weighted by Gasteiger charge is 2.20. The van der Waals surface area contributed by atoms with Crippen LogP contribution in [0.3, 0.4) is 0 Å². The summed E-state index contributed by atoms with van der Waals surface area (Å²) in [7, 11) is -1.86. The molecule has 0 radical (unpaired) electrons. The minimum atomic E-state index is -3.45. The van der Waals surface area contributed by atoms with Gasteiger partial charge in [0, 0.05) is 18.1 Å². The van der Waals surface area contributed by atoms with Crippen LogP contribution >= 0.6 is 15.9 Å². The Kier molecular flexibility index (Phi) is 4.62. The van der Waals surface area contributed by atoms with Gasteiger partial charge >= 0.3 is 0 Å². The van der Waals surface area contributed by atoms with Crippen LogP contribution in [0.4, 0.5) is 0 Å². The van der Waals surface area contributed by atoms with E-state index in [9.17, 15) is 8.42 Å². The summed E-state index contributed by atoms with van der Waals surface area (Å²) in [5.74, 6) is 0. The van der Waals surface area contributed by atoms with Crippen LogP contribution in [0.15, 0.2) is 57.9 Å². The molecule has 0 aliphatic rings. The Morgan fingerprint density at radius 3 is 2.45 bits per heavy atom. The first-order chi connectivity index (χ1) is 9.39. The van der Waals surface area contributed by atoms with Crippen molar-refractivity contribution in [3.05, 3.63) is 64.1 Å². The highest BCUT2D eigenvalue weighted by atomic mass is 79.9. The second kappa shape index (κ2) is 6.08. The van der Waals surface area contributed by atoms with Gasteiger partial charge in [-0.3, -0.25) is 0 Å². The first-order valence-electron chi connectivity index (χ1n) is 6.17. The molecule has 0 atom stereocenters. The molecular formula is C15H16BrNO2S. The molecule has 0 aliphatic heterocycles. The number of nitrogens with zero attached hydrogens (tertiary/aromatic N) is 1. The van der Waals surface area contributed by atoms with Gasteiger partial charge in [-0.05, 0) is 42.3 Å². The summed E-state index contributed by atoms with van der Waals surface area (Å²) in [5, 5.41) is 0. The largest absolute Gasteiger partial charge is 0.243 e. The molecule has 20 heavy (non-hydrogen) atoms. The molecule has 5 heteroatoms. The minimum Gasteiger partial charge on any atom is -0.207 e. The molecule has 0 saturated carbocycles. The van der Waals surface area contributed by atoms with Crippen LogP contribution in [-0.4, -0.2) is 19.8 Å². The van der Waals surface area contributed by atoms with Crippen LogP contribution in [0, 0.1) is 6.92 Å². The molecule has 2 aromatic carbocycles. The number of halogens is 1. The average Bonchev–Trinajstić information content (AvgIpc) is 2.38. The number of benzene rings is 2. The fourth-order valence-corrected chi connectivity index (χ4v) is 3.64. The Bertz CT molecular complexity index is 713. The first-order valence-corrected chi connectivity index (χ1v) is 8.40. The Balaban J connectivity index is 2.26. The molecule has 3 nitrogen and oxygen atoms in total. The number of rotatable bonds is 4. The lowest BCUT2D eigenvalue weighted by Crippen LogP contribution is -2.26. The maximum Gasteiger partial charge on any atom is 0.243 e. The van der Waals surface area contributed by atoms with Crippen molar-refractivity contribution in [2.45, 2.75) is 18.4 Å². The average molecular weight is 354 g/mol. The van der Waals surface area contributed by atoms with Crippen LogP contribution in [0.25, 0.3) is 0 Å². The summed E-state index contributed by atoms with van der Waals surface area (Å²) in [6, 6.07) is 14.6. The number of sulfonamides is 1. The van der Waals surface area contributed by atoms with E-state index in [0.717, 1.165) is 15.6 Å². The molecule has 0 fully saturated rings. The Morgan fingerprint density at radius 2 is 1.80 bits per heavy atom. The molecule has 0 aliphatic carbocycles. The highest BCUT2D eigenvalue weighted by molar-refractivity contribution is 9.10. The van der Waals surface area contributed by atoms with Gasteiger partial charge in [-0.25, -0.2) is 8.42 Å². The zero-order chi connectivity index (χ0) is 14.8. The van der Waals surface area contributed by atoms with Crippen molar-refractivity contribution in [3.8, 4) is 0 Å². The predicted octanol–water partition coefficient (Wildman–Crippen LogP) is 3.58. The maximum atomic E-state index is 12.5. The van der Waals surface area contributed by atoms with Crippen molar-refractivity contribution < 1.29 is 8.42 Å². The van der Waals surface area contributed by atoms with Gasteiger partial charge < -0.3 is 0 Å². The van der Waals surface area contributed by atoms with Crippen LogP contribution in [0.2, 0.25) is 0 Å². The molecule has 0 spiro atoms. The van der Waals surface area contributed by atoms with Gasteiger partial charge in [0.2, 0.25) is 10.0 Å². The van der Waals surface area contributed by atoms with Crippen molar-refractivity contribution in [3.63, 3.8) is 0 Å². The summed E-state index contributed by atoms with van der Waals surface area (Å²) < 4.78 is 27.3. The van der Waals surface area contributed by atoms with Crippen molar-refractivity contribution in [1.29, 1.82) is 0 Å². The minimum absolute atomic E-state index is 0.329. The van der Waals surface area contributed by atoms with Gasteiger partial charge in [0.25, 0.3) is 0 Å². The topological polar surface area (TPSA) is 37.4 Å². The van der Waals surface area contributed by atoms with Crippen molar-refractivity contribution in [1.82, 2.24) is 4.31 Å². The highest BCUT2D eigenvalue weighted by Crippen LogP contribution is 2.19. The van der Waals surface area contributed by atoms with Gasteiger partial charge in [0.15, 0.2) is 0 Å². The van der Waals surface area contributed by atoms with E-state index in [1.165, 1.54) is 4.31 Å². The molecular weight excluding hydrogens is 338 g/mol. The predicted molar refractivity (Wildman–Crippen MR) is 84.0 cm³/mol. The Labute approximate surface area is 128 Å². The zero-order valence-electron chi connectivity index (χ0n) is 11.4. The molecule has 106 valence electrons.